The van der Waals surface area contributed by atoms with Gasteiger partial charge in [-0.3, -0.25) is 9.59 Å². The van der Waals surface area contributed by atoms with Crippen LogP contribution in [-0.2, 0) is 4.79 Å². The molecule has 2 amide bonds. The van der Waals surface area contributed by atoms with E-state index in [4.69, 9.17) is 11.6 Å². The number of carbonyl (C=O) groups is 2. The first-order valence-electron chi connectivity index (χ1n) is 7.43. The Balaban J connectivity index is 1.80. The summed E-state index contributed by atoms with van der Waals surface area (Å²) in [6.07, 6.45) is 1.71. The Morgan fingerprint density at radius 2 is 2.12 bits per heavy atom. The van der Waals surface area contributed by atoms with Crippen molar-refractivity contribution in [2.75, 3.05) is 18.5 Å². The molecule has 0 saturated carbocycles. The Kier molecular flexibility index (Phi) is 4.49. The lowest BCUT2D eigenvalue weighted by molar-refractivity contribution is -0.120. The van der Waals surface area contributed by atoms with Crippen molar-refractivity contribution in [3.8, 4) is 0 Å². The van der Waals surface area contributed by atoms with Gasteiger partial charge in [0.1, 0.15) is 6.04 Å². The van der Waals surface area contributed by atoms with Crippen molar-refractivity contribution in [1.29, 1.82) is 0 Å². The van der Waals surface area contributed by atoms with Crippen LogP contribution in [0.1, 0.15) is 16.8 Å². The molecule has 1 aliphatic heterocycles. The number of halogens is 2. The van der Waals surface area contributed by atoms with E-state index in [1.54, 1.807) is 36.2 Å². The molecule has 0 bridgehead atoms. The second kappa shape index (κ2) is 6.57. The smallest absolute Gasteiger partial charge is 0.254 e. The molecule has 1 atom stereocenters. The molecule has 24 heavy (non-hydrogen) atoms. The van der Waals surface area contributed by atoms with Gasteiger partial charge in [-0.25, -0.2) is 4.98 Å². The summed E-state index contributed by atoms with van der Waals surface area (Å²) in [5, 5.41) is 0.483. The lowest BCUT2D eigenvalue weighted by atomic mass is 10.1. The summed E-state index contributed by atoms with van der Waals surface area (Å²) in [6.45, 7) is 0.468. The molecule has 3 rings (SSSR count). The van der Waals surface area contributed by atoms with Crippen LogP contribution in [0.5, 0.6) is 0 Å². The number of aromatic nitrogens is 1. The van der Waals surface area contributed by atoms with Crippen molar-refractivity contribution < 1.29 is 14.0 Å². The number of nitrogens with zero attached hydrogens (tertiary/aromatic N) is 3. The number of para-hydroxylation sites is 1. The zero-order valence-electron chi connectivity index (χ0n) is 12.9. The van der Waals surface area contributed by atoms with E-state index in [0.29, 0.717) is 23.7 Å². The molecule has 2 aromatic rings. The fourth-order valence-electron chi connectivity index (χ4n) is 2.81. The number of carbonyl (C=O) groups excluding carboxylic acids is 2. The molecule has 1 aromatic heterocycles. The molecule has 1 fully saturated rings. The van der Waals surface area contributed by atoms with Crippen LogP contribution in [0.3, 0.4) is 0 Å². The van der Waals surface area contributed by atoms with Crippen molar-refractivity contribution >= 4 is 29.1 Å². The van der Waals surface area contributed by atoms with Crippen molar-refractivity contribution in [2.24, 2.45) is 0 Å². The van der Waals surface area contributed by atoms with Gasteiger partial charge in [0, 0.05) is 31.4 Å². The van der Waals surface area contributed by atoms with E-state index in [9.17, 15) is 14.0 Å². The summed E-state index contributed by atoms with van der Waals surface area (Å²) in [5.74, 6) is -1.35. The van der Waals surface area contributed by atoms with Crippen LogP contribution >= 0.6 is 11.6 Å². The monoisotopic (exact) mass is 347 g/mol. The molecular formula is C17H15ClFN3O2. The number of hydrogen-bond acceptors (Lipinski definition) is 3. The lowest BCUT2D eigenvalue weighted by Crippen LogP contribution is -2.43. The normalized spacial score (nSPS) is 17.2. The first kappa shape index (κ1) is 16.4. The third kappa shape index (κ3) is 2.97. The van der Waals surface area contributed by atoms with Crippen molar-refractivity contribution in [3.05, 3.63) is 59.1 Å². The van der Waals surface area contributed by atoms with E-state index in [0.717, 1.165) is 6.07 Å². The van der Waals surface area contributed by atoms with Gasteiger partial charge < -0.3 is 9.80 Å². The average molecular weight is 348 g/mol. The highest BCUT2D eigenvalue weighted by atomic mass is 35.5. The van der Waals surface area contributed by atoms with Crippen LogP contribution in [0.15, 0.2) is 42.6 Å². The fourth-order valence-corrected chi connectivity index (χ4v) is 3.05. The Hall–Kier alpha value is -2.47. The summed E-state index contributed by atoms with van der Waals surface area (Å²) in [6, 6.07) is 8.95. The maximum atomic E-state index is 13.2. The maximum Gasteiger partial charge on any atom is 0.254 e. The molecule has 0 spiro atoms. The SMILES string of the molecule is CN(C(=O)c1ccnc(F)c1)C1CCN(c2ccccc2Cl)C1=O. The predicted molar refractivity (Wildman–Crippen MR) is 88.5 cm³/mol. The number of anilines is 1. The van der Waals surface area contributed by atoms with Crippen molar-refractivity contribution in [1.82, 2.24) is 9.88 Å². The molecule has 0 N–H and O–H groups in total. The summed E-state index contributed by atoms with van der Waals surface area (Å²) in [7, 11) is 1.54. The van der Waals surface area contributed by atoms with Gasteiger partial charge in [-0.15, -0.1) is 0 Å². The highest BCUT2D eigenvalue weighted by Crippen LogP contribution is 2.30. The van der Waals surface area contributed by atoms with Crippen molar-refractivity contribution in [3.63, 3.8) is 0 Å². The number of pyridine rings is 1. The molecule has 5 nitrogen and oxygen atoms in total. The van der Waals surface area contributed by atoms with E-state index in [2.05, 4.69) is 4.98 Å². The zero-order valence-corrected chi connectivity index (χ0v) is 13.7. The van der Waals surface area contributed by atoms with Crippen LogP contribution in [0.2, 0.25) is 5.02 Å². The van der Waals surface area contributed by atoms with Gasteiger partial charge in [0.2, 0.25) is 11.9 Å². The van der Waals surface area contributed by atoms with Gasteiger partial charge in [-0.1, -0.05) is 23.7 Å². The molecule has 0 radical (unpaired) electrons. The van der Waals surface area contributed by atoms with E-state index in [-0.39, 0.29) is 11.5 Å². The van der Waals surface area contributed by atoms with E-state index in [1.807, 2.05) is 0 Å². The van der Waals surface area contributed by atoms with Gasteiger partial charge in [-0.2, -0.15) is 4.39 Å². The van der Waals surface area contributed by atoms with E-state index >= 15 is 0 Å². The first-order valence-corrected chi connectivity index (χ1v) is 7.81. The maximum absolute atomic E-state index is 13.2. The second-order valence-electron chi connectivity index (χ2n) is 5.53. The van der Waals surface area contributed by atoms with Gasteiger partial charge in [0.15, 0.2) is 0 Å². The first-order chi connectivity index (χ1) is 11.5. The lowest BCUT2D eigenvalue weighted by Gasteiger charge is -2.24. The van der Waals surface area contributed by atoms with Gasteiger partial charge in [-0.05, 0) is 24.6 Å². The standard InChI is InChI=1S/C17H15ClFN3O2/c1-21(16(23)11-6-8-20-15(19)10-11)14-7-9-22(17(14)24)13-5-3-2-4-12(13)18/h2-6,8,10,14H,7,9H2,1H3. The summed E-state index contributed by atoms with van der Waals surface area (Å²) < 4.78 is 13.2. The number of hydrogen-bond donors (Lipinski definition) is 0. The Morgan fingerprint density at radius 1 is 1.38 bits per heavy atom. The summed E-state index contributed by atoms with van der Waals surface area (Å²) in [5.41, 5.74) is 0.788. The summed E-state index contributed by atoms with van der Waals surface area (Å²) in [4.78, 5) is 31.5. The van der Waals surface area contributed by atoms with Crippen LogP contribution < -0.4 is 4.90 Å². The minimum atomic E-state index is -0.732. The number of benzene rings is 1. The minimum Gasteiger partial charge on any atom is -0.330 e. The highest BCUT2D eigenvalue weighted by molar-refractivity contribution is 6.34. The van der Waals surface area contributed by atoms with Crippen LogP contribution in [0, 0.1) is 5.95 Å². The molecule has 1 aromatic carbocycles. The number of rotatable bonds is 3. The van der Waals surface area contributed by atoms with Crippen LogP contribution in [0.4, 0.5) is 10.1 Å². The highest BCUT2D eigenvalue weighted by Gasteiger charge is 2.38. The zero-order chi connectivity index (χ0) is 17.3. The van der Waals surface area contributed by atoms with E-state index < -0.39 is 17.9 Å². The average Bonchev–Trinajstić information content (AvgIpc) is 2.95. The molecule has 1 saturated heterocycles. The van der Waals surface area contributed by atoms with Crippen LogP contribution in [0.25, 0.3) is 0 Å². The third-order valence-corrected chi connectivity index (χ3v) is 4.40. The van der Waals surface area contributed by atoms with Crippen LogP contribution in [-0.4, -0.2) is 41.3 Å². The molecule has 0 aliphatic carbocycles. The molecule has 1 unspecified atom stereocenters. The van der Waals surface area contributed by atoms with Crippen molar-refractivity contribution in [2.45, 2.75) is 12.5 Å². The third-order valence-electron chi connectivity index (χ3n) is 4.08. The van der Waals surface area contributed by atoms with Gasteiger partial charge >= 0.3 is 0 Å². The van der Waals surface area contributed by atoms with Gasteiger partial charge in [0.05, 0.1) is 10.7 Å². The predicted octanol–water partition coefficient (Wildman–Crippen LogP) is 2.75. The number of amides is 2. The molecular weight excluding hydrogens is 333 g/mol. The fraction of sp³-hybridized carbons (Fsp3) is 0.235. The molecule has 2 heterocycles. The minimum absolute atomic E-state index is 0.161. The molecule has 1 aliphatic rings. The summed E-state index contributed by atoms with van der Waals surface area (Å²) >= 11 is 6.15. The number of likely N-dealkylation sites (N-methyl/N-ethyl adjacent to an activating group) is 1. The van der Waals surface area contributed by atoms with E-state index in [1.165, 1.54) is 17.2 Å². The second-order valence-corrected chi connectivity index (χ2v) is 5.94. The Bertz CT molecular complexity index is 799. The Labute approximate surface area is 143 Å². The van der Waals surface area contributed by atoms with Gasteiger partial charge in [0.25, 0.3) is 5.91 Å². The molecule has 124 valence electrons. The topological polar surface area (TPSA) is 53.5 Å². The quantitative estimate of drug-likeness (QED) is 0.802. The Morgan fingerprint density at radius 3 is 2.83 bits per heavy atom. The largest absolute Gasteiger partial charge is 0.330 e. The molecule has 7 heteroatoms.